The van der Waals surface area contributed by atoms with Gasteiger partial charge in [0.05, 0.1) is 21.8 Å². The standard InChI is InChI=1S/C20H11Cl2F3N4O/c21-12-4-6-15(16(22)9-12)19(30)26-13-5-7-17-18(10-13)28-29(27-17)14-3-1-2-11(8-14)20(23,24)25/h1-10H,(H,26,30). The zero-order valence-corrected chi connectivity index (χ0v) is 16.4. The van der Waals surface area contributed by atoms with Crippen LogP contribution in [0, 0.1) is 0 Å². The second kappa shape index (κ2) is 7.62. The molecule has 1 amide bonds. The van der Waals surface area contributed by atoms with Crippen LogP contribution in [0.15, 0.2) is 60.7 Å². The molecule has 4 aromatic rings. The monoisotopic (exact) mass is 450 g/mol. The number of anilines is 1. The highest BCUT2D eigenvalue weighted by atomic mass is 35.5. The maximum atomic E-state index is 12.9. The minimum atomic E-state index is -4.47. The Morgan fingerprint density at radius 2 is 1.70 bits per heavy atom. The smallest absolute Gasteiger partial charge is 0.322 e. The van der Waals surface area contributed by atoms with Gasteiger partial charge in [0, 0.05) is 10.7 Å². The summed E-state index contributed by atoms with van der Waals surface area (Å²) in [7, 11) is 0. The third-order valence-corrected chi connectivity index (χ3v) is 4.77. The van der Waals surface area contributed by atoms with E-state index >= 15 is 0 Å². The normalized spacial score (nSPS) is 11.6. The van der Waals surface area contributed by atoms with Crippen LogP contribution in [0.4, 0.5) is 18.9 Å². The van der Waals surface area contributed by atoms with E-state index in [1.54, 1.807) is 24.3 Å². The molecule has 0 saturated carbocycles. The van der Waals surface area contributed by atoms with Crippen molar-refractivity contribution in [2.75, 3.05) is 5.32 Å². The number of hydrogen-bond donors (Lipinski definition) is 1. The highest BCUT2D eigenvalue weighted by Crippen LogP contribution is 2.30. The van der Waals surface area contributed by atoms with Gasteiger partial charge >= 0.3 is 6.18 Å². The highest BCUT2D eigenvalue weighted by molar-refractivity contribution is 6.37. The number of benzene rings is 3. The van der Waals surface area contributed by atoms with Gasteiger partial charge in [-0.1, -0.05) is 29.3 Å². The quantitative estimate of drug-likeness (QED) is 0.416. The van der Waals surface area contributed by atoms with Crippen LogP contribution in [0.2, 0.25) is 10.0 Å². The summed E-state index contributed by atoms with van der Waals surface area (Å²) in [5, 5.41) is 11.7. The Bertz CT molecular complexity index is 1270. The first-order valence-corrected chi connectivity index (χ1v) is 9.27. The second-order valence-corrected chi connectivity index (χ2v) is 7.16. The molecular formula is C20H11Cl2F3N4O. The van der Waals surface area contributed by atoms with Gasteiger partial charge in [0.15, 0.2) is 0 Å². The lowest BCUT2D eigenvalue weighted by molar-refractivity contribution is -0.137. The van der Waals surface area contributed by atoms with E-state index in [0.717, 1.165) is 16.9 Å². The van der Waals surface area contributed by atoms with Crippen LogP contribution in [0.5, 0.6) is 0 Å². The maximum absolute atomic E-state index is 12.9. The molecule has 0 aliphatic rings. The van der Waals surface area contributed by atoms with Gasteiger partial charge in [-0.15, -0.1) is 10.2 Å². The number of carbonyl (C=O) groups is 1. The van der Waals surface area contributed by atoms with E-state index in [-0.39, 0.29) is 16.3 Å². The molecule has 0 saturated heterocycles. The Morgan fingerprint density at radius 1 is 0.933 bits per heavy atom. The number of halogens is 5. The van der Waals surface area contributed by atoms with Crippen molar-refractivity contribution < 1.29 is 18.0 Å². The van der Waals surface area contributed by atoms with Crippen molar-refractivity contribution in [3.8, 4) is 5.69 Å². The van der Waals surface area contributed by atoms with Crippen molar-refractivity contribution in [1.29, 1.82) is 0 Å². The molecule has 1 aromatic heterocycles. The fraction of sp³-hybridized carbons (Fsp3) is 0.0500. The number of fused-ring (bicyclic) bond motifs is 1. The number of amides is 1. The molecule has 4 rings (SSSR count). The average molecular weight is 451 g/mol. The van der Waals surface area contributed by atoms with E-state index in [2.05, 4.69) is 15.5 Å². The van der Waals surface area contributed by atoms with Crippen LogP contribution >= 0.6 is 23.2 Å². The van der Waals surface area contributed by atoms with E-state index in [1.807, 2.05) is 0 Å². The Kier molecular flexibility index (Phi) is 5.13. The fourth-order valence-electron chi connectivity index (χ4n) is 2.79. The zero-order chi connectivity index (χ0) is 21.5. The topological polar surface area (TPSA) is 59.8 Å². The lowest BCUT2D eigenvalue weighted by Crippen LogP contribution is -2.12. The summed E-state index contributed by atoms with van der Waals surface area (Å²) in [6.07, 6.45) is -4.47. The third kappa shape index (κ3) is 4.10. The van der Waals surface area contributed by atoms with E-state index in [9.17, 15) is 18.0 Å². The van der Waals surface area contributed by atoms with Gasteiger partial charge in [0.2, 0.25) is 0 Å². The molecule has 0 spiro atoms. The van der Waals surface area contributed by atoms with Crippen molar-refractivity contribution >= 4 is 45.8 Å². The van der Waals surface area contributed by atoms with Gasteiger partial charge in [-0.05, 0) is 54.6 Å². The first-order valence-electron chi connectivity index (χ1n) is 8.52. The van der Waals surface area contributed by atoms with Crippen molar-refractivity contribution in [1.82, 2.24) is 15.0 Å². The lowest BCUT2D eigenvalue weighted by Gasteiger charge is -2.07. The number of carbonyl (C=O) groups excluding carboxylic acids is 1. The SMILES string of the molecule is O=C(Nc1ccc2nn(-c3cccc(C(F)(F)F)c3)nc2c1)c1ccc(Cl)cc1Cl. The Labute approximate surface area is 178 Å². The van der Waals surface area contributed by atoms with Crippen LogP contribution < -0.4 is 5.32 Å². The first kappa shape index (κ1) is 20.2. The fourth-order valence-corrected chi connectivity index (χ4v) is 3.28. The van der Waals surface area contributed by atoms with Gasteiger partial charge < -0.3 is 5.32 Å². The Balaban J connectivity index is 1.62. The van der Waals surface area contributed by atoms with Gasteiger partial charge in [0.1, 0.15) is 11.0 Å². The molecule has 10 heteroatoms. The minimum absolute atomic E-state index is 0.166. The molecule has 5 nitrogen and oxygen atoms in total. The van der Waals surface area contributed by atoms with Crippen LogP contribution in [-0.2, 0) is 6.18 Å². The summed E-state index contributed by atoms with van der Waals surface area (Å²) in [4.78, 5) is 13.6. The molecule has 0 aliphatic heterocycles. The molecular weight excluding hydrogens is 440 g/mol. The summed E-state index contributed by atoms with van der Waals surface area (Å²) in [5.41, 5.74) is 0.888. The Hall–Kier alpha value is -3.10. The van der Waals surface area contributed by atoms with Crippen molar-refractivity contribution in [2.45, 2.75) is 6.18 Å². The highest BCUT2D eigenvalue weighted by Gasteiger charge is 2.30. The van der Waals surface area contributed by atoms with Crippen molar-refractivity contribution in [2.24, 2.45) is 0 Å². The number of rotatable bonds is 3. The van der Waals surface area contributed by atoms with E-state index in [4.69, 9.17) is 23.2 Å². The molecule has 0 radical (unpaired) electrons. The van der Waals surface area contributed by atoms with Crippen molar-refractivity contribution in [3.63, 3.8) is 0 Å². The number of nitrogens with zero attached hydrogens (tertiary/aromatic N) is 3. The minimum Gasteiger partial charge on any atom is -0.322 e. The molecule has 1 N–H and O–H groups in total. The van der Waals surface area contributed by atoms with Crippen LogP contribution in [0.3, 0.4) is 0 Å². The summed E-state index contributed by atoms with van der Waals surface area (Å²) < 4.78 is 38.8. The first-order chi connectivity index (χ1) is 14.2. The molecule has 152 valence electrons. The maximum Gasteiger partial charge on any atom is 0.416 e. The summed E-state index contributed by atoms with van der Waals surface area (Å²) in [6.45, 7) is 0. The van der Waals surface area contributed by atoms with Crippen molar-refractivity contribution in [3.05, 3.63) is 81.8 Å². The number of nitrogens with one attached hydrogen (secondary N) is 1. The van der Waals surface area contributed by atoms with Gasteiger partial charge in [0.25, 0.3) is 5.91 Å². The van der Waals surface area contributed by atoms with Gasteiger partial charge in [-0.3, -0.25) is 4.79 Å². The molecule has 1 heterocycles. The Morgan fingerprint density at radius 3 is 2.43 bits per heavy atom. The molecule has 0 fully saturated rings. The van der Waals surface area contributed by atoms with Crippen LogP contribution in [0.1, 0.15) is 15.9 Å². The molecule has 0 atom stereocenters. The molecule has 0 unspecified atom stereocenters. The number of aromatic nitrogens is 3. The summed E-state index contributed by atoms with van der Waals surface area (Å²) in [5.74, 6) is -0.443. The summed E-state index contributed by atoms with van der Waals surface area (Å²) >= 11 is 11.9. The van der Waals surface area contributed by atoms with Crippen LogP contribution in [-0.4, -0.2) is 20.9 Å². The zero-order valence-electron chi connectivity index (χ0n) is 14.9. The third-order valence-electron chi connectivity index (χ3n) is 4.22. The predicted octanol–water partition coefficient (Wildman–Crippen LogP) is 6.00. The van der Waals surface area contributed by atoms with Crippen LogP contribution in [0.25, 0.3) is 16.7 Å². The average Bonchev–Trinajstić information content (AvgIpc) is 3.11. The molecule has 0 aliphatic carbocycles. The summed E-state index contributed by atoms with van der Waals surface area (Å²) in [6, 6.07) is 14.0. The number of hydrogen-bond acceptors (Lipinski definition) is 3. The van der Waals surface area contributed by atoms with Gasteiger partial charge in [-0.25, -0.2) is 0 Å². The largest absolute Gasteiger partial charge is 0.416 e. The molecule has 30 heavy (non-hydrogen) atoms. The van der Waals surface area contributed by atoms with E-state index in [1.165, 1.54) is 24.3 Å². The molecule has 3 aromatic carbocycles. The number of alkyl halides is 3. The van der Waals surface area contributed by atoms with E-state index < -0.39 is 17.6 Å². The van der Waals surface area contributed by atoms with Gasteiger partial charge in [-0.2, -0.15) is 18.0 Å². The predicted molar refractivity (Wildman–Crippen MR) is 108 cm³/mol. The van der Waals surface area contributed by atoms with E-state index in [0.29, 0.717) is 21.7 Å². The second-order valence-electron chi connectivity index (χ2n) is 6.32. The molecule has 0 bridgehead atoms. The lowest BCUT2D eigenvalue weighted by atomic mass is 10.2.